The number of pyridine rings is 1. The zero-order valence-corrected chi connectivity index (χ0v) is 13.0. The van der Waals surface area contributed by atoms with Crippen molar-refractivity contribution in [1.29, 1.82) is 0 Å². The van der Waals surface area contributed by atoms with Gasteiger partial charge in [-0.2, -0.15) is 10.1 Å². The van der Waals surface area contributed by atoms with Gasteiger partial charge in [-0.3, -0.25) is 0 Å². The van der Waals surface area contributed by atoms with Gasteiger partial charge < -0.3 is 10.3 Å². The quantitative estimate of drug-likeness (QED) is 0.605. The summed E-state index contributed by atoms with van der Waals surface area (Å²) in [6.07, 6.45) is 8.32. The third-order valence-electron chi connectivity index (χ3n) is 4.01. The first kappa shape index (κ1) is 13.7. The molecule has 0 aromatic carbocycles. The van der Waals surface area contributed by atoms with Gasteiger partial charge in [-0.25, -0.2) is 14.5 Å². The van der Waals surface area contributed by atoms with Crippen LogP contribution in [-0.4, -0.2) is 35.6 Å². The van der Waals surface area contributed by atoms with Crippen LogP contribution in [0.2, 0.25) is 0 Å². The minimum absolute atomic E-state index is 0.344. The Morgan fingerprint density at radius 1 is 1.30 bits per heavy atom. The summed E-state index contributed by atoms with van der Waals surface area (Å²) in [7, 11) is 0. The molecule has 0 aliphatic heterocycles. The van der Waals surface area contributed by atoms with Gasteiger partial charge in [-0.1, -0.05) is 6.92 Å². The van der Waals surface area contributed by atoms with Crippen LogP contribution in [0.4, 0.5) is 5.95 Å². The van der Waals surface area contributed by atoms with E-state index in [4.69, 9.17) is 0 Å². The van der Waals surface area contributed by atoms with Crippen LogP contribution < -0.4 is 5.32 Å². The van der Waals surface area contributed by atoms with Crippen molar-refractivity contribution < 1.29 is 0 Å². The summed E-state index contributed by atoms with van der Waals surface area (Å²) >= 11 is 0. The molecule has 0 radical (unpaired) electrons. The summed E-state index contributed by atoms with van der Waals surface area (Å²) in [6.45, 7) is 4.24. The van der Waals surface area contributed by atoms with Gasteiger partial charge in [-0.05, 0) is 25.5 Å². The van der Waals surface area contributed by atoms with E-state index in [1.54, 1.807) is 10.8 Å². The van der Waals surface area contributed by atoms with Gasteiger partial charge in [0, 0.05) is 41.1 Å². The van der Waals surface area contributed by atoms with Crippen molar-refractivity contribution in [2.24, 2.45) is 0 Å². The molecule has 2 N–H and O–H groups in total. The molecular weight excluding hydrogens is 290 g/mol. The molecule has 4 aromatic rings. The van der Waals surface area contributed by atoms with Crippen molar-refractivity contribution in [3.8, 4) is 11.1 Å². The molecule has 116 valence electrons. The van der Waals surface area contributed by atoms with Crippen LogP contribution in [-0.2, 0) is 0 Å². The standard InChI is InChI=1S/C16H17N7/c1-3-10(2)21-16-18-7-13-12(6-17-15(13)22-16)11-4-5-14-19-9-20-23(14)8-11/h4-10H,3H2,1-2H3,(H2,17,18,21,22)/t10-/m0/s1. The number of H-pyrrole nitrogens is 1. The molecule has 1 atom stereocenters. The van der Waals surface area contributed by atoms with Crippen LogP contribution in [0.3, 0.4) is 0 Å². The number of aromatic amines is 1. The zero-order chi connectivity index (χ0) is 15.8. The summed E-state index contributed by atoms with van der Waals surface area (Å²) in [4.78, 5) is 16.4. The Hall–Kier alpha value is -2.96. The molecule has 0 amide bonds. The number of hydrogen-bond donors (Lipinski definition) is 2. The number of fused-ring (bicyclic) bond motifs is 2. The molecule has 0 aliphatic rings. The Bertz CT molecular complexity index is 969. The average molecular weight is 307 g/mol. The molecular formula is C16H17N7. The first-order valence-corrected chi connectivity index (χ1v) is 7.65. The van der Waals surface area contributed by atoms with Gasteiger partial charge in [0.15, 0.2) is 5.65 Å². The highest BCUT2D eigenvalue weighted by Crippen LogP contribution is 2.27. The van der Waals surface area contributed by atoms with E-state index in [1.807, 2.05) is 30.7 Å². The van der Waals surface area contributed by atoms with Gasteiger partial charge in [0.25, 0.3) is 0 Å². The maximum absolute atomic E-state index is 4.55. The highest BCUT2D eigenvalue weighted by Gasteiger charge is 2.10. The largest absolute Gasteiger partial charge is 0.352 e. The van der Waals surface area contributed by atoms with Gasteiger partial charge in [-0.15, -0.1) is 0 Å². The fourth-order valence-corrected chi connectivity index (χ4v) is 2.51. The van der Waals surface area contributed by atoms with Crippen molar-refractivity contribution in [3.63, 3.8) is 0 Å². The highest BCUT2D eigenvalue weighted by atomic mass is 15.3. The lowest BCUT2D eigenvalue weighted by atomic mass is 10.1. The van der Waals surface area contributed by atoms with Crippen LogP contribution in [0, 0.1) is 0 Å². The number of nitrogens with zero attached hydrogens (tertiary/aromatic N) is 5. The molecule has 0 saturated carbocycles. The van der Waals surface area contributed by atoms with Crippen molar-refractivity contribution in [2.75, 3.05) is 5.32 Å². The maximum atomic E-state index is 4.55. The number of hydrogen-bond acceptors (Lipinski definition) is 5. The molecule has 7 nitrogen and oxygen atoms in total. The first-order valence-electron chi connectivity index (χ1n) is 7.65. The Morgan fingerprint density at radius 2 is 2.22 bits per heavy atom. The molecule has 0 saturated heterocycles. The van der Waals surface area contributed by atoms with E-state index in [1.165, 1.54) is 0 Å². The van der Waals surface area contributed by atoms with Crippen LogP contribution in [0.25, 0.3) is 27.8 Å². The Balaban J connectivity index is 1.75. The van der Waals surface area contributed by atoms with Crippen molar-refractivity contribution >= 4 is 22.6 Å². The molecule has 7 heteroatoms. The Labute approximate surface area is 132 Å². The van der Waals surface area contributed by atoms with Crippen molar-refractivity contribution in [3.05, 3.63) is 37.1 Å². The lowest BCUT2D eigenvalue weighted by molar-refractivity contribution is 0.754. The van der Waals surface area contributed by atoms with Crippen molar-refractivity contribution in [1.82, 2.24) is 29.5 Å². The second kappa shape index (κ2) is 5.35. The topological polar surface area (TPSA) is 83.8 Å². The minimum atomic E-state index is 0.344. The molecule has 0 unspecified atom stereocenters. The molecule has 0 spiro atoms. The van der Waals surface area contributed by atoms with E-state index in [0.717, 1.165) is 34.2 Å². The van der Waals surface area contributed by atoms with E-state index in [0.29, 0.717) is 12.0 Å². The van der Waals surface area contributed by atoms with E-state index in [2.05, 4.69) is 44.2 Å². The molecule has 0 aliphatic carbocycles. The molecule has 23 heavy (non-hydrogen) atoms. The number of nitrogens with one attached hydrogen (secondary N) is 2. The van der Waals surface area contributed by atoms with Gasteiger partial charge in [0.2, 0.25) is 5.95 Å². The highest BCUT2D eigenvalue weighted by molar-refractivity contribution is 5.93. The van der Waals surface area contributed by atoms with Crippen LogP contribution in [0.1, 0.15) is 20.3 Å². The van der Waals surface area contributed by atoms with Gasteiger partial charge >= 0.3 is 0 Å². The molecule has 4 aromatic heterocycles. The third kappa shape index (κ3) is 2.40. The molecule has 4 rings (SSSR count). The zero-order valence-electron chi connectivity index (χ0n) is 13.0. The summed E-state index contributed by atoms with van der Waals surface area (Å²) < 4.78 is 1.76. The number of anilines is 1. The first-order chi connectivity index (χ1) is 11.2. The van der Waals surface area contributed by atoms with E-state index in [9.17, 15) is 0 Å². The van der Waals surface area contributed by atoms with E-state index in [-0.39, 0.29) is 0 Å². The smallest absolute Gasteiger partial charge is 0.224 e. The van der Waals surface area contributed by atoms with E-state index >= 15 is 0 Å². The SMILES string of the molecule is CC[C@H](C)Nc1ncc2c(-c3ccc4ncnn4c3)c[nH]c2n1. The van der Waals surface area contributed by atoms with Gasteiger partial charge in [0.1, 0.15) is 12.0 Å². The predicted octanol–water partition coefficient (Wildman–Crippen LogP) is 2.88. The Morgan fingerprint density at radius 3 is 3.09 bits per heavy atom. The normalized spacial score (nSPS) is 12.8. The average Bonchev–Trinajstić information content (AvgIpc) is 3.19. The Kier molecular flexibility index (Phi) is 3.18. The predicted molar refractivity (Wildman–Crippen MR) is 89.2 cm³/mol. The summed E-state index contributed by atoms with van der Waals surface area (Å²) in [5, 5.41) is 8.45. The third-order valence-corrected chi connectivity index (χ3v) is 4.01. The van der Waals surface area contributed by atoms with Crippen LogP contribution in [0.15, 0.2) is 37.1 Å². The molecule has 4 heterocycles. The second-order valence-corrected chi connectivity index (χ2v) is 5.59. The monoisotopic (exact) mass is 307 g/mol. The summed E-state index contributed by atoms with van der Waals surface area (Å²) in [6, 6.07) is 4.32. The number of aromatic nitrogens is 6. The number of rotatable bonds is 4. The minimum Gasteiger partial charge on any atom is -0.352 e. The molecule has 0 fully saturated rings. The fourth-order valence-electron chi connectivity index (χ4n) is 2.51. The summed E-state index contributed by atoms with van der Waals surface area (Å²) in [5.74, 6) is 0.645. The van der Waals surface area contributed by atoms with Crippen LogP contribution in [0.5, 0.6) is 0 Å². The maximum Gasteiger partial charge on any atom is 0.224 e. The lowest BCUT2D eigenvalue weighted by Gasteiger charge is -2.10. The van der Waals surface area contributed by atoms with Gasteiger partial charge in [0.05, 0.1) is 0 Å². The van der Waals surface area contributed by atoms with Crippen molar-refractivity contribution in [2.45, 2.75) is 26.3 Å². The van der Waals surface area contributed by atoms with Crippen LogP contribution >= 0.6 is 0 Å². The second-order valence-electron chi connectivity index (χ2n) is 5.59. The molecule has 0 bridgehead atoms. The lowest BCUT2D eigenvalue weighted by Crippen LogP contribution is -2.15. The van der Waals surface area contributed by atoms with E-state index < -0.39 is 0 Å². The summed E-state index contributed by atoms with van der Waals surface area (Å²) in [5.41, 5.74) is 3.73. The fraction of sp³-hybridized carbons (Fsp3) is 0.250.